The van der Waals surface area contributed by atoms with Crippen LogP contribution in [0.5, 0.6) is 0 Å². The molecule has 0 aliphatic carbocycles. The Bertz CT molecular complexity index is 614. The maximum atomic E-state index is 12.0. The van der Waals surface area contributed by atoms with E-state index < -0.39 is 14.9 Å². The first-order chi connectivity index (χ1) is 9.70. The van der Waals surface area contributed by atoms with E-state index in [2.05, 4.69) is 5.32 Å². The molecule has 0 amide bonds. The first-order valence-corrected chi connectivity index (χ1v) is 8.07. The van der Waals surface area contributed by atoms with Crippen molar-refractivity contribution in [2.45, 2.75) is 31.2 Å². The molecule has 0 fully saturated rings. The van der Waals surface area contributed by atoms with Crippen LogP contribution < -0.4 is 5.32 Å². The van der Waals surface area contributed by atoms with Crippen molar-refractivity contribution in [1.29, 1.82) is 0 Å². The maximum absolute atomic E-state index is 12.0. The van der Waals surface area contributed by atoms with E-state index in [-0.39, 0.29) is 16.6 Å². The van der Waals surface area contributed by atoms with Gasteiger partial charge in [-0.25, -0.2) is 12.7 Å². The van der Waals surface area contributed by atoms with E-state index in [9.17, 15) is 18.5 Å². The van der Waals surface area contributed by atoms with Gasteiger partial charge in [-0.2, -0.15) is 0 Å². The third-order valence-electron chi connectivity index (χ3n) is 3.11. The van der Waals surface area contributed by atoms with Gasteiger partial charge in [0.15, 0.2) is 0 Å². The average Bonchev–Trinajstić information content (AvgIpc) is 2.38. The van der Waals surface area contributed by atoms with Crippen LogP contribution in [0.4, 0.5) is 5.69 Å². The van der Waals surface area contributed by atoms with Crippen LogP contribution in [0.25, 0.3) is 0 Å². The first kappa shape index (κ1) is 17.5. The van der Waals surface area contributed by atoms with Gasteiger partial charge in [-0.1, -0.05) is 13.0 Å². The second-order valence-electron chi connectivity index (χ2n) is 5.00. The highest BCUT2D eigenvalue weighted by Gasteiger charge is 2.23. The second kappa shape index (κ2) is 6.97. The fraction of sp³-hybridized carbons (Fsp3) is 0.538. The van der Waals surface area contributed by atoms with Gasteiger partial charge in [0.1, 0.15) is 0 Å². The van der Waals surface area contributed by atoms with Gasteiger partial charge in [-0.15, -0.1) is 0 Å². The molecule has 0 spiro atoms. The molecule has 1 rings (SSSR count). The summed E-state index contributed by atoms with van der Waals surface area (Å²) in [7, 11) is -0.893. The summed E-state index contributed by atoms with van der Waals surface area (Å²) in [6, 6.07) is 4.13. The van der Waals surface area contributed by atoms with Crippen molar-refractivity contribution in [2.24, 2.45) is 0 Å². The van der Waals surface area contributed by atoms with Gasteiger partial charge >= 0.3 is 0 Å². The Kier molecular flexibility index (Phi) is 5.82. The van der Waals surface area contributed by atoms with Gasteiger partial charge in [-0.05, 0) is 26.0 Å². The van der Waals surface area contributed by atoms with Crippen molar-refractivity contribution < 1.29 is 13.3 Å². The number of rotatable bonds is 7. The maximum Gasteiger partial charge on any atom is 0.273 e. The van der Waals surface area contributed by atoms with Gasteiger partial charge in [0, 0.05) is 31.8 Å². The second-order valence-corrected chi connectivity index (χ2v) is 7.15. The molecule has 7 nitrogen and oxygen atoms in total. The summed E-state index contributed by atoms with van der Waals surface area (Å²) in [5, 5.41) is 14.4. The highest BCUT2D eigenvalue weighted by atomic mass is 32.2. The molecule has 0 aromatic heterocycles. The predicted molar refractivity (Wildman–Crippen MR) is 80.8 cm³/mol. The minimum absolute atomic E-state index is 0.0703. The standard InChI is InChI=1S/C13H21N3O4S/c1-5-14-10(2)8-11-6-7-12(9-13(11)16(17)18)21(19,20)15(3)4/h6-7,9-10,14H,5,8H2,1-4H3. The highest BCUT2D eigenvalue weighted by Crippen LogP contribution is 2.25. The lowest BCUT2D eigenvalue weighted by molar-refractivity contribution is -0.385. The van der Waals surface area contributed by atoms with Crippen LogP contribution >= 0.6 is 0 Å². The molecular formula is C13H21N3O4S. The zero-order chi connectivity index (χ0) is 16.2. The van der Waals surface area contributed by atoms with Gasteiger partial charge < -0.3 is 5.32 Å². The molecule has 118 valence electrons. The Balaban J connectivity index is 3.23. The van der Waals surface area contributed by atoms with Crippen molar-refractivity contribution in [3.05, 3.63) is 33.9 Å². The summed E-state index contributed by atoms with van der Waals surface area (Å²) in [4.78, 5) is 10.6. The van der Waals surface area contributed by atoms with E-state index in [1.54, 1.807) is 0 Å². The third kappa shape index (κ3) is 4.23. The molecule has 0 radical (unpaired) electrons. The zero-order valence-electron chi connectivity index (χ0n) is 12.7. The monoisotopic (exact) mass is 315 g/mol. The fourth-order valence-corrected chi connectivity index (χ4v) is 2.93. The molecule has 0 aliphatic heterocycles. The largest absolute Gasteiger partial charge is 0.314 e. The van der Waals surface area contributed by atoms with Crippen LogP contribution in [0, 0.1) is 10.1 Å². The van der Waals surface area contributed by atoms with Crippen molar-refractivity contribution in [3.63, 3.8) is 0 Å². The van der Waals surface area contributed by atoms with Gasteiger partial charge in [-0.3, -0.25) is 10.1 Å². The minimum atomic E-state index is -3.68. The number of benzene rings is 1. The van der Waals surface area contributed by atoms with Crippen LogP contribution in [0.3, 0.4) is 0 Å². The number of nitro benzene ring substituents is 1. The lowest BCUT2D eigenvalue weighted by Gasteiger charge is -2.14. The van der Waals surface area contributed by atoms with Gasteiger partial charge in [0.2, 0.25) is 10.0 Å². The fourth-order valence-electron chi connectivity index (χ4n) is 2.01. The van der Waals surface area contributed by atoms with E-state index in [0.29, 0.717) is 12.0 Å². The molecule has 1 aromatic rings. The SMILES string of the molecule is CCNC(C)Cc1ccc(S(=O)(=O)N(C)C)cc1[N+](=O)[O-]. The van der Waals surface area contributed by atoms with Crippen molar-refractivity contribution in [1.82, 2.24) is 9.62 Å². The van der Waals surface area contributed by atoms with Crippen molar-refractivity contribution >= 4 is 15.7 Å². The topological polar surface area (TPSA) is 92.6 Å². The summed E-state index contributed by atoms with van der Waals surface area (Å²) in [5.41, 5.74) is 0.355. The smallest absolute Gasteiger partial charge is 0.273 e. The minimum Gasteiger partial charge on any atom is -0.314 e. The normalized spacial score (nSPS) is 13.4. The van der Waals surface area contributed by atoms with Crippen LogP contribution in [0.15, 0.2) is 23.1 Å². The van der Waals surface area contributed by atoms with Crippen LogP contribution in [-0.2, 0) is 16.4 Å². The lowest BCUT2D eigenvalue weighted by atomic mass is 10.1. The predicted octanol–water partition coefficient (Wildman–Crippen LogP) is 1.39. The molecule has 1 N–H and O–H groups in total. The number of likely N-dealkylation sites (N-methyl/N-ethyl adjacent to an activating group) is 1. The number of hydrogen-bond donors (Lipinski definition) is 1. The Morgan fingerprint density at radius 1 is 1.38 bits per heavy atom. The lowest BCUT2D eigenvalue weighted by Crippen LogP contribution is -2.28. The summed E-state index contributed by atoms with van der Waals surface area (Å²) >= 11 is 0. The Morgan fingerprint density at radius 2 is 2.00 bits per heavy atom. The first-order valence-electron chi connectivity index (χ1n) is 6.63. The molecule has 21 heavy (non-hydrogen) atoms. The molecule has 0 saturated heterocycles. The summed E-state index contributed by atoms with van der Waals surface area (Å²) in [5.74, 6) is 0. The number of nitrogens with one attached hydrogen (secondary N) is 1. The Morgan fingerprint density at radius 3 is 2.48 bits per heavy atom. The van der Waals surface area contributed by atoms with Crippen LogP contribution in [0.2, 0.25) is 0 Å². The molecule has 0 saturated carbocycles. The number of hydrogen-bond acceptors (Lipinski definition) is 5. The van der Waals surface area contributed by atoms with Gasteiger partial charge in [0.05, 0.1) is 9.82 Å². The Labute approximate surface area is 125 Å². The molecule has 0 aliphatic rings. The van der Waals surface area contributed by atoms with E-state index in [4.69, 9.17) is 0 Å². The van der Waals surface area contributed by atoms with Crippen LogP contribution in [-0.4, -0.2) is 44.3 Å². The van der Waals surface area contributed by atoms with E-state index in [1.165, 1.54) is 26.2 Å². The summed E-state index contributed by atoms with van der Waals surface area (Å²) < 4.78 is 25.1. The molecule has 0 heterocycles. The molecular weight excluding hydrogens is 294 g/mol. The average molecular weight is 315 g/mol. The van der Waals surface area contributed by atoms with Crippen molar-refractivity contribution in [2.75, 3.05) is 20.6 Å². The molecule has 8 heteroatoms. The molecule has 1 atom stereocenters. The third-order valence-corrected chi connectivity index (χ3v) is 4.92. The number of nitro groups is 1. The van der Waals surface area contributed by atoms with Crippen molar-refractivity contribution in [3.8, 4) is 0 Å². The van der Waals surface area contributed by atoms with Crippen LogP contribution in [0.1, 0.15) is 19.4 Å². The van der Waals surface area contributed by atoms with Gasteiger partial charge in [0.25, 0.3) is 5.69 Å². The quantitative estimate of drug-likeness (QED) is 0.606. The van der Waals surface area contributed by atoms with E-state index in [0.717, 1.165) is 16.9 Å². The Hall–Kier alpha value is -1.51. The zero-order valence-corrected chi connectivity index (χ0v) is 13.5. The highest BCUT2D eigenvalue weighted by molar-refractivity contribution is 7.89. The molecule has 0 bridgehead atoms. The number of nitrogens with zero attached hydrogens (tertiary/aromatic N) is 2. The number of sulfonamides is 1. The van der Waals surface area contributed by atoms with E-state index >= 15 is 0 Å². The molecule has 1 aromatic carbocycles. The van der Waals surface area contributed by atoms with E-state index in [1.807, 2.05) is 13.8 Å². The summed E-state index contributed by atoms with van der Waals surface area (Å²) in [6.45, 7) is 4.65. The molecule has 1 unspecified atom stereocenters. The summed E-state index contributed by atoms with van der Waals surface area (Å²) in [6.07, 6.45) is 0.465.